The number of aromatic nitrogens is 4. The van der Waals surface area contributed by atoms with Crippen LogP contribution in [0.3, 0.4) is 0 Å². The highest BCUT2D eigenvalue weighted by Gasteiger charge is 2.11. The van der Waals surface area contributed by atoms with E-state index in [4.69, 9.17) is 4.74 Å². The summed E-state index contributed by atoms with van der Waals surface area (Å²) >= 11 is 0. The zero-order valence-electron chi connectivity index (χ0n) is 13.1. The first-order chi connectivity index (χ1) is 12.1. The molecule has 0 saturated carbocycles. The third kappa shape index (κ3) is 4.16. The van der Waals surface area contributed by atoms with Gasteiger partial charge in [0.25, 0.3) is 0 Å². The van der Waals surface area contributed by atoms with E-state index < -0.39 is 6.09 Å². The van der Waals surface area contributed by atoms with Gasteiger partial charge in [0.2, 0.25) is 5.95 Å². The predicted octanol–water partition coefficient (Wildman–Crippen LogP) is 3.25. The van der Waals surface area contributed by atoms with Gasteiger partial charge in [-0.1, -0.05) is 6.07 Å². The van der Waals surface area contributed by atoms with Crippen molar-refractivity contribution in [1.29, 1.82) is 0 Å². The summed E-state index contributed by atoms with van der Waals surface area (Å²) in [6.45, 7) is 1.68. The highest BCUT2D eigenvalue weighted by Crippen LogP contribution is 2.18. The number of amides is 1. The molecule has 124 valence electrons. The number of aryl methyl sites for hydroxylation is 1. The van der Waals surface area contributed by atoms with Gasteiger partial charge in [0.05, 0.1) is 0 Å². The molecule has 0 fully saturated rings. The summed E-state index contributed by atoms with van der Waals surface area (Å²) in [6.07, 6.45) is 0.845. The standard InChI is InChI=1S/C16H12N6O3/c1-10-18-14(13-4-2-3-9-17-13)20-15(19-10)21-16(23)25-12-7-5-11(22-24)6-8-12/h2-9H,1H3,(H,18,19,20,21,23). The maximum Gasteiger partial charge on any atom is 0.419 e. The number of nitrogens with one attached hydrogen (secondary N) is 1. The lowest BCUT2D eigenvalue weighted by Crippen LogP contribution is -2.19. The molecule has 0 bridgehead atoms. The summed E-state index contributed by atoms with van der Waals surface area (Å²) in [5, 5.41) is 5.20. The zero-order valence-corrected chi connectivity index (χ0v) is 13.1. The number of rotatable bonds is 4. The first kappa shape index (κ1) is 16.1. The molecule has 0 saturated heterocycles. The molecule has 1 N–H and O–H groups in total. The Bertz CT molecular complexity index is 900. The Labute approximate surface area is 142 Å². The Hall–Kier alpha value is -3.75. The summed E-state index contributed by atoms with van der Waals surface area (Å²) in [6, 6.07) is 11.1. The SMILES string of the molecule is Cc1nc(NC(=O)Oc2ccc(N=O)cc2)nc(-c2ccccn2)n1. The molecule has 0 aliphatic carbocycles. The third-order valence-electron chi connectivity index (χ3n) is 3.01. The van der Waals surface area contributed by atoms with Crippen LogP contribution in [0, 0.1) is 11.8 Å². The van der Waals surface area contributed by atoms with Gasteiger partial charge < -0.3 is 4.74 Å². The van der Waals surface area contributed by atoms with E-state index in [2.05, 4.69) is 30.4 Å². The van der Waals surface area contributed by atoms with E-state index >= 15 is 0 Å². The van der Waals surface area contributed by atoms with E-state index in [1.165, 1.54) is 24.3 Å². The number of carbonyl (C=O) groups excluding carboxylic acids is 1. The molecule has 1 aromatic carbocycles. The molecule has 25 heavy (non-hydrogen) atoms. The maximum absolute atomic E-state index is 12.0. The van der Waals surface area contributed by atoms with E-state index in [1.807, 2.05) is 0 Å². The van der Waals surface area contributed by atoms with Gasteiger partial charge in [0.1, 0.15) is 23.0 Å². The van der Waals surface area contributed by atoms with Crippen molar-refractivity contribution in [1.82, 2.24) is 19.9 Å². The van der Waals surface area contributed by atoms with Crippen molar-refractivity contribution < 1.29 is 9.53 Å². The normalized spacial score (nSPS) is 10.1. The summed E-state index contributed by atoms with van der Waals surface area (Å²) < 4.78 is 5.09. The van der Waals surface area contributed by atoms with Gasteiger partial charge in [-0.3, -0.25) is 10.3 Å². The zero-order chi connectivity index (χ0) is 17.6. The molecule has 0 radical (unpaired) electrons. The quantitative estimate of drug-likeness (QED) is 0.726. The molecule has 0 aliphatic heterocycles. The summed E-state index contributed by atoms with van der Waals surface area (Å²) in [5.74, 6) is 1.06. The van der Waals surface area contributed by atoms with Crippen LogP contribution >= 0.6 is 0 Å². The Balaban J connectivity index is 1.74. The monoisotopic (exact) mass is 336 g/mol. The molecule has 9 heteroatoms. The second-order valence-corrected chi connectivity index (χ2v) is 4.84. The van der Waals surface area contributed by atoms with Crippen LogP contribution in [0.25, 0.3) is 11.5 Å². The summed E-state index contributed by atoms with van der Waals surface area (Å²) in [7, 11) is 0. The first-order valence-corrected chi connectivity index (χ1v) is 7.20. The first-order valence-electron chi connectivity index (χ1n) is 7.20. The van der Waals surface area contributed by atoms with Crippen LogP contribution in [0.2, 0.25) is 0 Å². The van der Waals surface area contributed by atoms with Gasteiger partial charge in [-0.05, 0) is 48.5 Å². The van der Waals surface area contributed by atoms with Crippen molar-refractivity contribution in [3.8, 4) is 17.3 Å². The maximum atomic E-state index is 12.0. The predicted molar refractivity (Wildman–Crippen MR) is 89.3 cm³/mol. The number of carbonyl (C=O) groups is 1. The lowest BCUT2D eigenvalue weighted by Gasteiger charge is -2.07. The Morgan fingerprint density at radius 3 is 2.56 bits per heavy atom. The van der Waals surface area contributed by atoms with E-state index in [0.29, 0.717) is 17.3 Å². The minimum Gasteiger partial charge on any atom is -0.410 e. The molecular formula is C16H12N6O3. The highest BCUT2D eigenvalue weighted by atomic mass is 16.6. The Morgan fingerprint density at radius 1 is 1.08 bits per heavy atom. The fraction of sp³-hybridized carbons (Fsp3) is 0.0625. The van der Waals surface area contributed by atoms with Crippen LogP contribution < -0.4 is 10.1 Å². The number of benzene rings is 1. The van der Waals surface area contributed by atoms with Gasteiger partial charge in [0.15, 0.2) is 5.82 Å². The molecule has 3 rings (SSSR count). The Morgan fingerprint density at radius 2 is 1.88 bits per heavy atom. The van der Waals surface area contributed by atoms with Gasteiger partial charge in [-0.25, -0.2) is 9.78 Å². The van der Waals surface area contributed by atoms with E-state index in [1.54, 1.807) is 31.3 Å². The molecule has 2 aromatic heterocycles. The van der Waals surface area contributed by atoms with Crippen molar-refractivity contribution in [2.24, 2.45) is 5.18 Å². The number of nitroso groups, excluding NO2 is 1. The van der Waals surface area contributed by atoms with Crippen LogP contribution in [0.4, 0.5) is 16.4 Å². The average Bonchev–Trinajstić information content (AvgIpc) is 2.62. The van der Waals surface area contributed by atoms with E-state index in [-0.39, 0.29) is 17.4 Å². The van der Waals surface area contributed by atoms with Gasteiger partial charge in [-0.2, -0.15) is 9.97 Å². The summed E-state index contributed by atoms with van der Waals surface area (Å²) in [4.78, 5) is 38.9. The van der Waals surface area contributed by atoms with Crippen molar-refractivity contribution in [2.75, 3.05) is 5.32 Å². The molecule has 0 spiro atoms. The molecule has 3 aromatic rings. The van der Waals surface area contributed by atoms with Crippen molar-refractivity contribution >= 4 is 17.7 Å². The topological polar surface area (TPSA) is 119 Å². The van der Waals surface area contributed by atoms with Crippen LogP contribution in [0.15, 0.2) is 53.8 Å². The van der Waals surface area contributed by atoms with Crippen LogP contribution in [-0.2, 0) is 0 Å². The lowest BCUT2D eigenvalue weighted by atomic mass is 10.3. The molecule has 9 nitrogen and oxygen atoms in total. The van der Waals surface area contributed by atoms with Gasteiger partial charge in [-0.15, -0.1) is 4.91 Å². The van der Waals surface area contributed by atoms with Crippen LogP contribution in [-0.4, -0.2) is 26.0 Å². The molecular weight excluding hydrogens is 324 g/mol. The largest absolute Gasteiger partial charge is 0.419 e. The molecule has 0 atom stereocenters. The minimum absolute atomic E-state index is 0.0457. The average molecular weight is 336 g/mol. The molecule has 0 unspecified atom stereocenters. The molecule has 2 heterocycles. The van der Waals surface area contributed by atoms with Crippen molar-refractivity contribution in [3.63, 3.8) is 0 Å². The Kier molecular flexibility index (Phi) is 4.65. The number of pyridine rings is 1. The van der Waals surface area contributed by atoms with Crippen molar-refractivity contribution in [2.45, 2.75) is 6.92 Å². The van der Waals surface area contributed by atoms with Crippen LogP contribution in [0.1, 0.15) is 5.82 Å². The van der Waals surface area contributed by atoms with Crippen molar-refractivity contribution in [3.05, 3.63) is 59.4 Å². The second-order valence-electron chi connectivity index (χ2n) is 4.84. The fourth-order valence-electron chi connectivity index (χ4n) is 1.95. The highest BCUT2D eigenvalue weighted by molar-refractivity contribution is 5.84. The smallest absolute Gasteiger partial charge is 0.410 e. The summed E-state index contributed by atoms with van der Waals surface area (Å²) in [5.41, 5.74) is 0.794. The number of ether oxygens (including phenoxy) is 1. The minimum atomic E-state index is -0.774. The molecule has 1 amide bonds. The molecule has 0 aliphatic rings. The lowest BCUT2D eigenvalue weighted by molar-refractivity contribution is 0.215. The fourth-order valence-corrected chi connectivity index (χ4v) is 1.95. The third-order valence-corrected chi connectivity index (χ3v) is 3.01. The van der Waals surface area contributed by atoms with E-state index in [0.717, 1.165) is 0 Å². The second kappa shape index (κ2) is 7.21. The number of anilines is 1. The van der Waals surface area contributed by atoms with Gasteiger partial charge >= 0.3 is 6.09 Å². The number of hydrogen-bond acceptors (Lipinski definition) is 8. The van der Waals surface area contributed by atoms with Crippen LogP contribution in [0.5, 0.6) is 5.75 Å². The van der Waals surface area contributed by atoms with E-state index in [9.17, 15) is 9.70 Å². The number of nitrogens with zero attached hydrogens (tertiary/aromatic N) is 5. The van der Waals surface area contributed by atoms with Gasteiger partial charge in [0, 0.05) is 6.20 Å². The number of hydrogen-bond donors (Lipinski definition) is 1.